The molecule has 0 radical (unpaired) electrons. The smallest absolute Gasteiger partial charge is 0.00954 e. The summed E-state index contributed by atoms with van der Waals surface area (Å²) in [5, 5.41) is 0. The normalized spacial score (nSPS) is 31.3. The molecule has 1 saturated carbocycles. The molecule has 0 aliphatic heterocycles. The van der Waals surface area contributed by atoms with Crippen molar-refractivity contribution in [2.24, 2.45) is 11.8 Å². The molecule has 130 valence electrons. The Morgan fingerprint density at radius 3 is 2.08 bits per heavy atom. The van der Waals surface area contributed by atoms with E-state index in [1.165, 1.54) is 24.8 Å². The fourth-order valence-electron chi connectivity index (χ4n) is 5.05. The number of benzene rings is 1. The van der Waals surface area contributed by atoms with Crippen molar-refractivity contribution in [1.29, 1.82) is 0 Å². The average molecular weight is 324 g/mol. The zero-order valence-corrected chi connectivity index (χ0v) is 16.3. The molecule has 1 nitrogen and oxygen atoms in total. The van der Waals surface area contributed by atoms with Gasteiger partial charge in [0.05, 0.1) is 0 Å². The van der Waals surface area contributed by atoms with Crippen LogP contribution >= 0.6 is 0 Å². The summed E-state index contributed by atoms with van der Waals surface area (Å²) in [6.07, 6.45) is 3.92. The standard InChI is InChI=1S/C23H33N/c1-15-16(2)18(4)23(17(15)3)21-13-12-20(24(5)6)14-22(21)19-10-8-7-9-11-19/h7-11,17,20-22H,12-14H2,1-6H3. The lowest BCUT2D eigenvalue weighted by atomic mass is 9.67. The summed E-state index contributed by atoms with van der Waals surface area (Å²) in [5.41, 5.74) is 7.97. The van der Waals surface area contributed by atoms with Crippen LogP contribution in [0.1, 0.15) is 58.4 Å². The van der Waals surface area contributed by atoms with Crippen LogP contribution in [0.15, 0.2) is 52.6 Å². The van der Waals surface area contributed by atoms with Gasteiger partial charge in [-0.05, 0) is 88.6 Å². The van der Waals surface area contributed by atoms with Gasteiger partial charge in [-0.1, -0.05) is 48.4 Å². The van der Waals surface area contributed by atoms with Crippen LogP contribution in [0.4, 0.5) is 0 Å². The predicted molar refractivity (Wildman–Crippen MR) is 104 cm³/mol. The van der Waals surface area contributed by atoms with Crippen molar-refractivity contribution in [3.05, 3.63) is 58.2 Å². The molecule has 1 aromatic carbocycles. The van der Waals surface area contributed by atoms with Gasteiger partial charge in [0.15, 0.2) is 0 Å². The fourth-order valence-corrected chi connectivity index (χ4v) is 5.05. The van der Waals surface area contributed by atoms with E-state index in [1.807, 2.05) is 0 Å². The van der Waals surface area contributed by atoms with Crippen LogP contribution in [0.3, 0.4) is 0 Å². The molecular formula is C23H33N. The van der Waals surface area contributed by atoms with Crippen molar-refractivity contribution in [1.82, 2.24) is 4.90 Å². The van der Waals surface area contributed by atoms with E-state index in [0.717, 1.165) is 0 Å². The predicted octanol–water partition coefficient (Wildman–Crippen LogP) is 5.80. The highest BCUT2D eigenvalue weighted by molar-refractivity contribution is 5.48. The fraction of sp³-hybridized carbons (Fsp3) is 0.565. The molecule has 1 fully saturated rings. The Kier molecular flexibility index (Phi) is 5.01. The number of rotatable bonds is 3. The lowest BCUT2D eigenvalue weighted by molar-refractivity contribution is 0.181. The Morgan fingerprint density at radius 1 is 0.875 bits per heavy atom. The number of hydrogen-bond acceptors (Lipinski definition) is 1. The van der Waals surface area contributed by atoms with Crippen LogP contribution in [-0.4, -0.2) is 25.0 Å². The van der Waals surface area contributed by atoms with Crippen molar-refractivity contribution >= 4 is 0 Å². The largest absolute Gasteiger partial charge is 0.306 e. The van der Waals surface area contributed by atoms with Gasteiger partial charge < -0.3 is 4.90 Å². The minimum absolute atomic E-state index is 0.622. The van der Waals surface area contributed by atoms with E-state index in [2.05, 4.69) is 77.0 Å². The molecule has 2 aliphatic carbocycles. The van der Waals surface area contributed by atoms with Crippen LogP contribution in [0.5, 0.6) is 0 Å². The second-order valence-corrected chi connectivity index (χ2v) is 8.16. The Morgan fingerprint density at radius 2 is 1.54 bits per heavy atom. The van der Waals surface area contributed by atoms with Gasteiger partial charge in [0.2, 0.25) is 0 Å². The molecule has 0 amide bonds. The van der Waals surface area contributed by atoms with E-state index < -0.39 is 0 Å². The minimum atomic E-state index is 0.622. The molecule has 0 N–H and O–H groups in total. The van der Waals surface area contributed by atoms with E-state index in [-0.39, 0.29) is 0 Å². The van der Waals surface area contributed by atoms with Gasteiger partial charge in [-0.2, -0.15) is 0 Å². The molecule has 24 heavy (non-hydrogen) atoms. The third kappa shape index (κ3) is 2.99. The first-order chi connectivity index (χ1) is 11.4. The van der Waals surface area contributed by atoms with Gasteiger partial charge in [-0.15, -0.1) is 0 Å². The van der Waals surface area contributed by atoms with Crippen molar-refractivity contribution < 1.29 is 0 Å². The Labute approximate surface area is 148 Å². The molecule has 4 unspecified atom stereocenters. The van der Waals surface area contributed by atoms with Gasteiger partial charge >= 0.3 is 0 Å². The first kappa shape index (κ1) is 17.5. The highest BCUT2D eigenvalue weighted by Gasteiger charge is 2.38. The van der Waals surface area contributed by atoms with Gasteiger partial charge in [0.25, 0.3) is 0 Å². The first-order valence-corrected chi connectivity index (χ1v) is 9.51. The molecule has 1 heteroatoms. The summed E-state index contributed by atoms with van der Waals surface area (Å²) in [4.78, 5) is 2.43. The molecule has 2 aliphatic rings. The van der Waals surface area contributed by atoms with Crippen molar-refractivity contribution in [3.63, 3.8) is 0 Å². The lowest BCUT2D eigenvalue weighted by Crippen LogP contribution is -2.37. The highest BCUT2D eigenvalue weighted by atomic mass is 15.1. The SMILES string of the molecule is CC1=C(C)C(C)C(C2CCC(N(C)C)CC2c2ccccc2)=C1C. The number of nitrogens with zero attached hydrogens (tertiary/aromatic N) is 1. The van der Waals surface area contributed by atoms with Crippen LogP contribution in [0.2, 0.25) is 0 Å². The monoisotopic (exact) mass is 323 g/mol. The number of allylic oxidation sites excluding steroid dienone is 4. The summed E-state index contributed by atoms with van der Waals surface area (Å²) in [7, 11) is 4.48. The van der Waals surface area contributed by atoms with Gasteiger partial charge in [0, 0.05) is 6.04 Å². The van der Waals surface area contributed by atoms with E-state index in [1.54, 1.807) is 22.3 Å². The maximum atomic E-state index is 2.43. The number of hydrogen-bond donors (Lipinski definition) is 0. The average Bonchev–Trinajstić information content (AvgIpc) is 2.78. The zero-order valence-electron chi connectivity index (χ0n) is 16.3. The molecule has 4 atom stereocenters. The maximum absolute atomic E-state index is 2.43. The molecule has 0 aromatic heterocycles. The van der Waals surface area contributed by atoms with Crippen molar-refractivity contribution in [3.8, 4) is 0 Å². The summed E-state index contributed by atoms with van der Waals surface area (Å²) in [6, 6.07) is 12.0. The topological polar surface area (TPSA) is 3.24 Å². The molecule has 0 saturated heterocycles. The van der Waals surface area contributed by atoms with Crippen molar-refractivity contribution in [2.45, 2.75) is 58.9 Å². The quantitative estimate of drug-likeness (QED) is 0.679. The summed E-state index contributed by atoms with van der Waals surface area (Å²) < 4.78 is 0. The zero-order chi connectivity index (χ0) is 17.4. The van der Waals surface area contributed by atoms with Crippen LogP contribution in [0.25, 0.3) is 0 Å². The summed E-state index contributed by atoms with van der Waals surface area (Å²) >= 11 is 0. The second-order valence-electron chi connectivity index (χ2n) is 8.16. The summed E-state index contributed by atoms with van der Waals surface area (Å²) in [6.45, 7) is 9.43. The van der Waals surface area contributed by atoms with E-state index in [4.69, 9.17) is 0 Å². The summed E-state index contributed by atoms with van der Waals surface area (Å²) in [5.74, 6) is 1.97. The van der Waals surface area contributed by atoms with Crippen LogP contribution < -0.4 is 0 Å². The van der Waals surface area contributed by atoms with E-state index >= 15 is 0 Å². The highest BCUT2D eigenvalue weighted by Crippen LogP contribution is 2.50. The van der Waals surface area contributed by atoms with Crippen molar-refractivity contribution in [2.75, 3.05) is 14.1 Å². The lowest BCUT2D eigenvalue weighted by Gasteiger charge is -2.41. The van der Waals surface area contributed by atoms with Gasteiger partial charge in [-0.25, -0.2) is 0 Å². The van der Waals surface area contributed by atoms with Crippen LogP contribution in [0, 0.1) is 11.8 Å². The minimum Gasteiger partial charge on any atom is -0.306 e. The molecule has 0 bridgehead atoms. The Bertz CT molecular complexity index is 650. The first-order valence-electron chi connectivity index (χ1n) is 9.51. The Balaban J connectivity index is 1.97. The third-order valence-electron chi connectivity index (χ3n) is 6.88. The van der Waals surface area contributed by atoms with Gasteiger partial charge in [-0.3, -0.25) is 0 Å². The van der Waals surface area contributed by atoms with Gasteiger partial charge in [0.1, 0.15) is 0 Å². The molecule has 3 rings (SSSR count). The molecule has 1 aromatic rings. The maximum Gasteiger partial charge on any atom is 0.00954 e. The molecule has 0 heterocycles. The van der Waals surface area contributed by atoms with E-state index in [0.29, 0.717) is 23.8 Å². The van der Waals surface area contributed by atoms with E-state index in [9.17, 15) is 0 Å². The molecule has 0 spiro atoms. The molecular weight excluding hydrogens is 290 g/mol. The van der Waals surface area contributed by atoms with Crippen LogP contribution in [-0.2, 0) is 0 Å². The Hall–Kier alpha value is -1.34. The second kappa shape index (κ2) is 6.88. The third-order valence-corrected chi connectivity index (χ3v) is 6.88.